The lowest BCUT2D eigenvalue weighted by Crippen LogP contribution is -2.33. The predicted octanol–water partition coefficient (Wildman–Crippen LogP) is 3.09. The normalized spacial score (nSPS) is 15.0. The zero-order valence-electron chi connectivity index (χ0n) is 12.5. The van der Waals surface area contributed by atoms with Crippen LogP contribution in [-0.2, 0) is 4.79 Å². The lowest BCUT2D eigenvalue weighted by atomic mass is 10.1. The molecule has 0 saturated heterocycles. The van der Waals surface area contributed by atoms with Crippen LogP contribution in [0.25, 0.3) is 0 Å². The summed E-state index contributed by atoms with van der Waals surface area (Å²) < 4.78 is 11.3. The Bertz CT molecular complexity index is 638. The molecule has 0 radical (unpaired) electrons. The average Bonchev–Trinajstić information content (AvgIpc) is 3.37. The maximum Gasteiger partial charge on any atom is 0.266 e. The molecule has 2 aromatic carbocycles. The van der Waals surface area contributed by atoms with Crippen molar-refractivity contribution in [1.29, 1.82) is 0 Å². The monoisotopic (exact) mass is 297 g/mol. The van der Waals surface area contributed by atoms with Crippen LogP contribution in [0.15, 0.2) is 54.6 Å². The largest absolute Gasteiger partial charge is 0.493 e. The highest BCUT2D eigenvalue weighted by Crippen LogP contribution is 2.31. The Kier molecular flexibility index (Phi) is 4.28. The van der Waals surface area contributed by atoms with Crippen LogP contribution >= 0.6 is 0 Å². The minimum atomic E-state index is -0.682. The minimum absolute atomic E-state index is 0.111. The van der Waals surface area contributed by atoms with Gasteiger partial charge in [-0.2, -0.15) is 0 Å². The molecule has 0 spiro atoms. The van der Waals surface area contributed by atoms with Crippen molar-refractivity contribution in [3.8, 4) is 11.5 Å². The molecule has 114 valence electrons. The first kappa shape index (κ1) is 14.4. The molecule has 4 heteroatoms. The predicted molar refractivity (Wildman–Crippen MR) is 84.0 cm³/mol. The molecule has 1 N–H and O–H groups in total. The number of methoxy groups -OCH3 is 1. The number of carbonyl (C=O) groups excluding carboxylic acids is 1. The van der Waals surface area contributed by atoms with E-state index < -0.39 is 6.10 Å². The molecule has 3 rings (SSSR count). The topological polar surface area (TPSA) is 47.6 Å². The summed E-state index contributed by atoms with van der Waals surface area (Å²) in [4.78, 5) is 12.5. The molecule has 0 aromatic heterocycles. The lowest BCUT2D eigenvalue weighted by molar-refractivity contribution is -0.128. The number of hydrogen-bond donors (Lipinski definition) is 1. The van der Waals surface area contributed by atoms with Gasteiger partial charge in [-0.1, -0.05) is 42.5 Å². The Labute approximate surface area is 130 Å². The Balaban J connectivity index is 1.86. The molecule has 1 aliphatic rings. The van der Waals surface area contributed by atoms with Crippen molar-refractivity contribution in [2.24, 2.45) is 0 Å². The number of ether oxygens (including phenoxy) is 2. The second kappa shape index (κ2) is 6.52. The maximum absolute atomic E-state index is 12.5. The third-order valence-corrected chi connectivity index (χ3v) is 3.58. The van der Waals surface area contributed by atoms with Gasteiger partial charge in [-0.05, 0) is 25.0 Å². The number of nitrogens with one attached hydrogen (secondary N) is 1. The van der Waals surface area contributed by atoms with Crippen molar-refractivity contribution in [3.63, 3.8) is 0 Å². The maximum atomic E-state index is 12.5. The van der Waals surface area contributed by atoms with Crippen molar-refractivity contribution in [1.82, 2.24) is 5.32 Å². The van der Waals surface area contributed by atoms with Gasteiger partial charge >= 0.3 is 0 Å². The first-order valence-corrected chi connectivity index (χ1v) is 7.43. The third kappa shape index (κ3) is 3.39. The van der Waals surface area contributed by atoms with E-state index in [1.54, 1.807) is 13.2 Å². The van der Waals surface area contributed by atoms with Crippen molar-refractivity contribution in [2.45, 2.75) is 25.0 Å². The number of amides is 1. The second-order valence-electron chi connectivity index (χ2n) is 5.34. The molecule has 22 heavy (non-hydrogen) atoms. The summed E-state index contributed by atoms with van der Waals surface area (Å²) >= 11 is 0. The minimum Gasteiger partial charge on any atom is -0.493 e. The summed E-state index contributed by atoms with van der Waals surface area (Å²) in [6.45, 7) is 0. The van der Waals surface area contributed by atoms with Gasteiger partial charge in [-0.3, -0.25) is 4.79 Å². The fraction of sp³-hybridized carbons (Fsp3) is 0.278. The number of carbonyl (C=O) groups is 1. The summed E-state index contributed by atoms with van der Waals surface area (Å²) in [5.74, 6) is 1.06. The average molecular weight is 297 g/mol. The lowest BCUT2D eigenvalue weighted by Gasteiger charge is -2.20. The van der Waals surface area contributed by atoms with Crippen molar-refractivity contribution < 1.29 is 14.3 Å². The van der Waals surface area contributed by atoms with Gasteiger partial charge < -0.3 is 14.8 Å². The molecular weight excluding hydrogens is 278 g/mol. The molecule has 1 saturated carbocycles. The van der Waals surface area contributed by atoms with Gasteiger partial charge in [-0.25, -0.2) is 0 Å². The zero-order chi connectivity index (χ0) is 15.4. The van der Waals surface area contributed by atoms with E-state index in [4.69, 9.17) is 9.47 Å². The van der Waals surface area contributed by atoms with E-state index in [0.29, 0.717) is 17.5 Å². The van der Waals surface area contributed by atoms with Crippen LogP contribution in [0, 0.1) is 0 Å². The van der Waals surface area contributed by atoms with E-state index in [1.807, 2.05) is 48.5 Å². The first-order valence-electron chi connectivity index (χ1n) is 7.43. The van der Waals surface area contributed by atoms with E-state index >= 15 is 0 Å². The Morgan fingerprint density at radius 1 is 1.05 bits per heavy atom. The number of rotatable bonds is 6. The van der Waals surface area contributed by atoms with E-state index in [9.17, 15) is 4.79 Å². The molecule has 4 nitrogen and oxygen atoms in total. The number of para-hydroxylation sites is 2. The Hall–Kier alpha value is -2.49. The van der Waals surface area contributed by atoms with E-state index in [-0.39, 0.29) is 5.91 Å². The van der Waals surface area contributed by atoms with Crippen LogP contribution in [0.4, 0.5) is 0 Å². The van der Waals surface area contributed by atoms with Gasteiger partial charge in [0.2, 0.25) is 6.10 Å². The number of benzene rings is 2. The van der Waals surface area contributed by atoms with Gasteiger partial charge in [0.05, 0.1) is 7.11 Å². The Morgan fingerprint density at radius 3 is 2.32 bits per heavy atom. The standard InChI is InChI=1S/C18H19NO3/c1-21-15-9-5-6-10-16(15)22-17(13-7-3-2-4-8-13)18(20)19-14-11-12-14/h2-10,14,17H,11-12H2,1H3,(H,19,20)/t17-/m1/s1. The summed E-state index contributed by atoms with van der Waals surface area (Å²) in [6.07, 6.45) is 1.40. The molecule has 0 bridgehead atoms. The van der Waals surface area contributed by atoms with E-state index in [1.165, 1.54) is 0 Å². The highest BCUT2D eigenvalue weighted by molar-refractivity contribution is 5.83. The molecule has 1 atom stereocenters. The van der Waals surface area contributed by atoms with Gasteiger partial charge in [-0.15, -0.1) is 0 Å². The van der Waals surface area contributed by atoms with Gasteiger partial charge in [0.1, 0.15) is 0 Å². The molecule has 1 aliphatic carbocycles. The summed E-state index contributed by atoms with van der Waals surface area (Å²) in [7, 11) is 1.59. The summed E-state index contributed by atoms with van der Waals surface area (Å²) in [5.41, 5.74) is 0.826. The quantitative estimate of drug-likeness (QED) is 0.891. The SMILES string of the molecule is COc1ccccc1O[C@@H](C(=O)NC1CC1)c1ccccc1. The van der Waals surface area contributed by atoms with Crippen LogP contribution in [0.1, 0.15) is 24.5 Å². The van der Waals surface area contributed by atoms with Gasteiger partial charge in [0.25, 0.3) is 5.91 Å². The molecule has 2 aromatic rings. The van der Waals surface area contributed by atoms with Crippen molar-refractivity contribution in [2.75, 3.05) is 7.11 Å². The van der Waals surface area contributed by atoms with Crippen molar-refractivity contribution in [3.05, 3.63) is 60.2 Å². The van der Waals surface area contributed by atoms with E-state index in [0.717, 1.165) is 18.4 Å². The number of hydrogen-bond acceptors (Lipinski definition) is 3. The smallest absolute Gasteiger partial charge is 0.266 e. The fourth-order valence-electron chi connectivity index (χ4n) is 2.25. The fourth-order valence-corrected chi connectivity index (χ4v) is 2.25. The van der Waals surface area contributed by atoms with Crippen LogP contribution < -0.4 is 14.8 Å². The molecular formula is C18H19NO3. The molecule has 1 fully saturated rings. The third-order valence-electron chi connectivity index (χ3n) is 3.58. The molecule has 1 amide bonds. The van der Waals surface area contributed by atoms with Gasteiger partial charge in [0.15, 0.2) is 11.5 Å². The van der Waals surface area contributed by atoms with Gasteiger partial charge in [0, 0.05) is 11.6 Å². The highest BCUT2D eigenvalue weighted by Gasteiger charge is 2.30. The Morgan fingerprint density at radius 2 is 1.68 bits per heavy atom. The van der Waals surface area contributed by atoms with Crippen LogP contribution in [0.5, 0.6) is 11.5 Å². The second-order valence-corrected chi connectivity index (χ2v) is 5.34. The summed E-state index contributed by atoms with van der Waals surface area (Å²) in [5, 5.41) is 3.01. The molecule has 0 aliphatic heterocycles. The molecule has 0 unspecified atom stereocenters. The first-order chi connectivity index (χ1) is 10.8. The van der Waals surface area contributed by atoms with Crippen molar-refractivity contribution >= 4 is 5.91 Å². The summed E-state index contributed by atoms with van der Waals surface area (Å²) in [6, 6.07) is 17.2. The molecule has 0 heterocycles. The van der Waals surface area contributed by atoms with Crippen LogP contribution in [0.3, 0.4) is 0 Å². The zero-order valence-corrected chi connectivity index (χ0v) is 12.5. The van der Waals surface area contributed by atoms with Crippen LogP contribution in [-0.4, -0.2) is 19.1 Å². The van der Waals surface area contributed by atoms with Crippen LogP contribution in [0.2, 0.25) is 0 Å². The van der Waals surface area contributed by atoms with E-state index in [2.05, 4.69) is 5.32 Å². The highest BCUT2D eigenvalue weighted by atomic mass is 16.5.